The van der Waals surface area contributed by atoms with Crippen LogP contribution in [0.1, 0.15) is 30.8 Å². The second kappa shape index (κ2) is 6.41. The Hall–Kier alpha value is -2.73. The molecule has 0 amide bonds. The van der Waals surface area contributed by atoms with Crippen molar-refractivity contribution in [2.75, 3.05) is 5.32 Å². The van der Waals surface area contributed by atoms with Gasteiger partial charge in [-0.2, -0.15) is 0 Å². The van der Waals surface area contributed by atoms with Gasteiger partial charge < -0.3 is 11.1 Å². The number of hydrogen-bond donors (Lipinski definition) is 3. The number of hydrogen-bond acceptors (Lipinski definition) is 5. The van der Waals surface area contributed by atoms with E-state index in [0.717, 1.165) is 12.1 Å². The fraction of sp³-hybridized carbons (Fsp3) is 0.176. The van der Waals surface area contributed by atoms with E-state index in [1.807, 2.05) is 19.1 Å². The van der Waals surface area contributed by atoms with E-state index in [1.54, 1.807) is 25.4 Å². The third-order valence-corrected chi connectivity index (χ3v) is 3.96. The van der Waals surface area contributed by atoms with Crippen LogP contribution in [0.4, 0.5) is 5.69 Å². The Bertz CT molecular complexity index is 880. The molecule has 122 valence electrons. The Morgan fingerprint density at radius 3 is 2.79 bits per heavy atom. The van der Waals surface area contributed by atoms with E-state index in [1.165, 1.54) is 0 Å². The highest BCUT2D eigenvalue weighted by molar-refractivity contribution is 6.36. The molecule has 3 rings (SSSR count). The van der Waals surface area contributed by atoms with Crippen LogP contribution in [0, 0.1) is 5.41 Å². The van der Waals surface area contributed by atoms with E-state index in [-0.39, 0.29) is 5.84 Å². The van der Waals surface area contributed by atoms with Gasteiger partial charge >= 0.3 is 0 Å². The molecular weight excluding hydrogens is 324 g/mol. The number of nitrogens with zero attached hydrogens (tertiary/aromatic N) is 3. The maximum absolute atomic E-state index is 8.22. The average molecular weight is 341 g/mol. The number of rotatable bonds is 2. The summed E-state index contributed by atoms with van der Waals surface area (Å²) in [5, 5.41) is 11.7. The van der Waals surface area contributed by atoms with Gasteiger partial charge in [-0.25, -0.2) is 9.98 Å². The first-order valence-electron chi connectivity index (χ1n) is 7.52. The van der Waals surface area contributed by atoms with Crippen molar-refractivity contribution < 1.29 is 0 Å². The van der Waals surface area contributed by atoms with E-state index < -0.39 is 0 Å². The van der Waals surface area contributed by atoms with Crippen molar-refractivity contribution in [3.05, 3.63) is 64.0 Å². The van der Waals surface area contributed by atoms with Crippen LogP contribution in [-0.2, 0) is 6.42 Å². The molecule has 6 nitrogen and oxygen atoms in total. The van der Waals surface area contributed by atoms with Crippen LogP contribution in [0.2, 0.25) is 5.02 Å². The van der Waals surface area contributed by atoms with E-state index >= 15 is 0 Å². The lowest BCUT2D eigenvalue weighted by Gasteiger charge is -2.11. The summed E-state index contributed by atoms with van der Waals surface area (Å²) in [6.45, 7) is 3.74. The van der Waals surface area contributed by atoms with Gasteiger partial charge in [-0.3, -0.25) is 10.4 Å². The molecular formula is C17H17ClN6. The van der Waals surface area contributed by atoms with Gasteiger partial charge in [0, 0.05) is 29.3 Å². The van der Waals surface area contributed by atoms with Gasteiger partial charge in [-0.1, -0.05) is 18.5 Å². The summed E-state index contributed by atoms with van der Waals surface area (Å²) < 4.78 is 0. The van der Waals surface area contributed by atoms with Gasteiger partial charge in [-0.15, -0.1) is 0 Å². The summed E-state index contributed by atoms with van der Waals surface area (Å²) in [7, 11) is 0. The molecule has 0 spiro atoms. The number of aromatic nitrogens is 2. The molecule has 24 heavy (non-hydrogen) atoms. The van der Waals surface area contributed by atoms with E-state index in [4.69, 9.17) is 22.7 Å². The monoisotopic (exact) mass is 340 g/mol. The van der Waals surface area contributed by atoms with Gasteiger partial charge in [-0.05, 0) is 31.5 Å². The Morgan fingerprint density at radius 1 is 1.33 bits per heavy atom. The molecule has 0 aliphatic carbocycles. The number of nitrogens with two attached hydrogens (primary N) is 1. The van der Waals surface area contributed by atoms with Gasteiger partial charge in [0.25, 0.3) is 0 Å². The van der Waals surface area contributed by atoms with Crippen molar-refractivity contribution in [1.29, 1.82) is 5.41 Å². The molecule has 0 saturated carbocycles. The second-order valence-corrected chi connectivity index (χ2v) is 5.81. The minimum absolute atomic E-state index is 0.127. The lowest BCUT2D eigenvalue weighted by atomic mass is 10.1. The molecule has 2 aromatic heterocycles. The molecule has 1 aliphatic heterocycles. The Balaban J connectivity index is 2.33. The number of nitrogens with one attached hydrogen (secondary N) is 2. The number of allylic oxidation sites excluding steroid dienone is 1. The largest absolute Gasteiger partial charge is 0.400 e. The van der Waals surface area contributed by atoms with E-state index in [2.05, 4.69) is 20.3 Å². The fourth-order valence-corrected chi connectivity index (χ4v) is 2.64. The van der Waals surface area contributed by atoms with Crippen LogP contribution >= 0.6 is 11.6 Å². The first-order valence-corrected chi connectivity index (χ1v) is 7.90. The van der Waals surface area contributed by atoms with Crippen LogP contribution in [0.15, 0.2) is 47.0 Å². The summed E-state index contributed by atoms with van der Waals surface area (Å²) >= 11 is 6.32. The highest BCUT2D eigenvalue weighted by Gasteiger charge is 2.23. The molecule has 7 heteroatoms. The van der Waals surface area contributed by atoms with Gasteiger partial charge in [0.1, 0.15) is 17.1 Å². The molecule has 0 bridgehead atoms. The standard InChI is InChI=1S/C17H17ClN6/c1-3-10-4-5-13-16(22-10)15(11-6-7-21-8-12(11)18)24-14(9(2)19)17(20)23-13/h4-8H,3,19H2,1-2H3,(H2,20,23)/b14-9+. The molecule has 0 saturated heterocycles. The molecule has 0 radical (unpaired) electrons. The van der Waals surface area contributed by atoms with E-state index in [9.17, 15) is 0 Å². The summed E-state index contributed by atoms with van der Waals surface area (Å²) in [5.74, 6) is 0.127. The van der Waals surface area contributed by atoms with Crippen molar-refractivity contribution in [2.45, 2.75) is 20.3 Å². The molecule has 2 aromatic rings. The number of aryl methyl sites for hydroxylation is 1. The zero-order valence-electron chi connectivity index (χ0n) is 13.4. The van der Waals surface area contributed by atoms with E-state index in [0.29, 0.717) is 39.1 Å². The quantitative estimate of drug-likeness (QED) is 0.781. The first-order chi connectivity index (χ1) is 11.5. The zero-order valence-corrected chi connectivity index (χ0v) is 14.1. The number of amidine groups is 1. The van der Waals surface area contributed by atoms with Crippen molar-refractivity contribution in [3.63, 3.8) is 0 Å². The SMILES string of the molecule is CCc1ccc2c(n1)C(c1ccncc1Cl)=N/C(=C(\C)N)C(=N)N2. The minimum atomic E-state index is 0.127. The average Bonchev–Trinajstić information content (AvgIpc) is 2.71. The highest BCUT2D eigenvalue weighted by atomic mass is 35.5. The van der Waals surface area contributed by atoms with Crippen LogP contribution in [0.3, 0.4) is 0 Å². The molecule has 3 heterocycles. The first kappa shape index (κ1) is 16.1. The molecule has 0 unspecified atom stereocenters. The summed E-state index contributed by atoms with van der Waals surface area (Å²) in [5.41, 5.74) is 10.3. The Morgan fingerprint density at radius 2 is 2.12 bits per heavy atom. The predicted molar refractivity (Wildman–Crippen MR) is 96.7 cm³/mol. The third-order valence-electron chi connectivity index (χ3n) is 3.66. The normalized spacial score (nSPS) is 16.0. The molecule has 1 aliphatic rings. The number of halogens is 1. The maximum Gasteiger partial charge on any atom is 0.150 e. The van der Waals surface area contributed by atoms with Crippen molar-refractivity contribution in [1.82, 2.24) is 9.97 Å². The molecule has 4 N–H and O–H groups in total. The molecule has 0 atom stereocenters. The van der Waals surface area contributed by atoms with Crippen molar-refractivity contribution in [2.24, 2.45) is 10.7 Å². The number of pyridine rings is 2. The van der Waals surface area contributed by atoms with Crippen LogP contribution in [0.25, 0.3) is 0 Å². The van der Waals surface area contributed by atoms with Gasteiger partial charge in [0.05, 0.1) is 10.7 Å². The third kappa shape index (κ3) is 2.88. The van der Waals surface area contributed by atoms with Crippen LogP contribution in [0.5, 0.6) is 0 Å². The fourth-order valence-electron chi connectivity index (χ4n) is 2.43. The van der Waals surface area contributed by atoms with Crippen molar-refractivity contribution >= 4 is 28.8 Å². The lowest BCUT2D eigenvalue weighted by molar-refractivity contribution is 1.03. The maximum atomic E-state index is 8.22. The smallest absolute Gasteiger partial charge is 0.150 e. The number of aliphatic imine (C=N–C) groups is 1. The van der Waals surface area contributed by atoms with Gasteiger partial charge in [0.15, 0.2) is 5.84 Å². The zero-order chi connectivity index (χ0) is 17.3. The Labute approximate surface area is 145 Å². The van der Waals surface area contributed by atoms with Crippen LogP contribution in [-0.4, -0.2) is 21.5 Å². The topological polar surface area (TPSA) is 100 Å². The Kier molecular flexibility index (Phi) is 4.31. The summed E-state index contributed by atoms with van der Waals surface area (Å²) in [6.07, 6.45) is 4.00. The minimum Gasteiger partial charge on any atom is -0.400 e. The van der Waals surface area contributed by atoms with Crippen molar-refractivity contribution in [3.8, 4) is 0 Å². The number of fused-ring (bicyclic) bond motifs is 1. The summed E-state index contributed by atoms with van der Waals surface area (Å²) in [6, 6.07) is 5.60. The summed E-state index contributed by atoms with van der Waals surface area (Å²) in [4.78, 5) is 13.3. The molecule has 0 fully saturated rings. The van der Waals surface area contributed by atoms with Crippen LogP contribution < -0.4 is 11.1 Å². The van der Waals surface area contributed by atoms with Gasteiger partial charge in [0.2, 0.25) is 0 Å². The predicted octanol–water partition coefficient (Wildman–Crippen LogP) is 3.12. The molecule has 0 aromatic carbocycles. The second-order valence-electron chi connectivity index (χ2n) is 5.40. The lowest BCUT2D eigenvalue weighted by Crippen LogP contribution is -2.15. The number of anilines is 1. The highest BCUT2D eigenvalue weighted by Crippen LogP contribution is 2.27.